The first-order valence-corrected chi connectivity index (χ1v) is 8.65. The van der Waals surface area contributed by atoms with Crippen molar-refractivity contribution in [3.63, 3.8) is 0 Å². The lowest BCUT2D eigenvalue weighted by molar-refractivity contribution is -0.122. The van der Waals surface area contributed by atoms with Crippen LogP contribution in [0.5, 0.6) is 0 Å². The van der Waals surface area contributed by atoms with Gasteiger partial charge < -0.3 is 31.1 Å². The topological polar surface area (TPSA) is 123 Å². The van der Waals surface area contributed by atoms with Crippen molar-refractivity contribution in [2.45, 2.75) is 19.3 Å². The van der Waals surface area contributed by atoms with Gasteiger partial charge in [-0.2, -0.15) is 0 Å². The fourth-order valence-electron chi connectivity index (χ4n) is 2.70. The number of nitrogens with one attached hydrogen (secondary N) is 4. The van der Waals surface area contributed by atoms with Crippen molar-refractivity contribution in [2.75, 3.05) is 52.4 Å². The van der Waals surface area contributed by atoms with Gasteiger partial charge in [-0.1, -0.05) is 0 Å². The Balaban J connectivity index is 1.45. The standard InChI is InChI=1S/C15H26N6O4/c22-12(16-4-8-20-10-6-18-14(20)24)2-1-3-13(23)17-5-9-21-11-7-19-15(21)25/h1-11H2,(H,16,22)(H,17,23)(H,18,24)(H,19,25). The van der Waals surface area contributed by atoms with E-state index >= 15 is 0 Å². The zero-order chi connectivity index (χ0) is 18.1. The highest BCUT2D eigenvalue weighted by molar-refractivity contribution is 5.79. The van der Waals surface area contributed by atoms with Gasteiger partial charge in [0.15, 0.2) is 0 Å². The molecule has 2 aliphatic heterocycles. The van der Waals surface area contributed by atoms with Crippen LogP contribution in [0.2, 0.25) is 0 Å². The highest BCUT2D eigenvalue weighted by atomic mass is 16.2. The molecule has 2 rings (SSSR count). The van der Waals surface area contributed by atoms with Crippen molar-refractivity contribution in [2.24, 2.45) is 0 Å². The molecule has 0 aromatic heterocycles. The lowest BCUT2D eigenvalue weighted by Gasteiger charge is -2.14. The van der Waals surface area contributed by atoms with E-state index < -0.39 is 0 Å². The minimum atomic E-state index is -0.124. The van der Waals surface area contributed by atoms with Gasteiger partial charge in [-0.05, 0) is 6.42 Å². The second kappa shape index (κ2) is 9.70. The minimum absolute atomic E-state index is 0.0997. The molecule has 2 fully saturated rings. The summed E-state index contributed by atoms with van der Waals surface area (Å²) in [6.07, 6.45) is 1.01. The molecule has 2 saturated heterocycles. The summed E-state index contributed by atoms with van der Waals surface area (Å²) in [6.45, 7) is 4.41. The average Bonchev–Trinajstić information content (AvgIpc) is 3.16. The maximum Gasteiger partial charge on any atom is 0.317 e. The Kier molecular flexibility index (Phi) is 7.30. The molecule has 2 heterocycles. The third kappa shape index (κ3) is 6.48. The number of urea groups is 2. The normalized spacial score (nSPS) is 16.6. The number of rotatable bonds is 10. The maximum absolute atomic E-state index is 11.7. The molecule has 10 heteroatoms. The SMILES string of the molecule is O=C(CCCC(=O)NCCN1CCNC1=O)NCCN1CCNC1=O. The predicted octanol–water partition coefficient (Wildman–Crippen LogP) is -1.56. The molecule has 0 aromatic carbocycles. The summed E-state index contributed by atoms with van der Waals surface area (Å²) in [7, 11) is 0. The summed E-state index contributed by atoms with van der Waals surface area (Å²) in [6, 6.07) is -0.199. The lowest BCUT2D eigenvalue weighted by atomic mass is 10.2. The maximum atomic E-state index is 11.7. The summed E-state index contributed by atoms with van der Waals surface area (Å²) >= 11 is 0. The zero-order valence-electron chi connectivity index (χ0n) is 14.3. The van der Waals surface area contributed by atoms with Gasteiger partial charge in [0.2, 0.25) is 11.8 Å². The van der Waals surface area contributed by atoms with Gasteiger partial charge in [-0.3, -0.25) is 9.59 Å². The Hall–Kier alpha value is -2.52. The number of carbonyl (C=O) groups is 4. The van der Waals surface area contributed by atoms with Crippen LogP contribution in [0, 0.1) is 0 Å². The van der Waals surface area contributed by atoms with E-state index in [1.807, 2.05) is 0 Å². The van der Waals surface area contributed by atoms with Crippen LogP contribution < -0.4 is 21.3 Å². The van der Waals surface area contributed by atoms with E-state index in [9.17, 15) is 19.2 Å². The number of nitrogens with zero attached hydrogens (tertiary/aromatic N) is 2. The molecule has 6 amide bonds. The lowest BCUT2D eigenvalue weighted by Crippen LogP contribution is -2.37. The Labute approximate surface area is 146 Å². The summed E-state index contributed by atoms with van der Waals surface area (Å²) in [5.74, 6) is -0.248. The van der Waals surface area contributed by atoms with E-state index in [1.165, 1.54) is 0 Å². The summed E-state index contributed by atoms with van der Waals surface area (Å²) in [5, 5.41) is 10.9. The van der Waals surface area contributed by atoms with Crippen LogP contribution in [0.4, 0.5) is 9.59 Å². The van der Waals surface area contributed by atoms with Crippen molar-refractivity contribution < 1.29 is 19.2 Å². The molecule has 0 atom stereocenters. The van der Waals surface area contributed by atoms with E-state index in [0.29, 0.717) is 58.8 Å². The van der Waals surface area contributed by atoms with Crippen LogP contribution in [-0.4, -0.2) is 86.0 Å². The Morgan fingerprint density at radius 2 is 1.28 bits per heavy atom. The molecule has 2 aliphatic rings. The van der Waals surface area contributed by atoms with Crippen LogP contribution in [0.15, 0.2) is 0 Å². The summed E-state index contributed by atoms with van der Waals surface area (Å²) < 4.78 is 0. The van der Waals surface area contributed by atoms with Crippen LogP contribution in [0.3, 0.4) is 0 Å². The number of carbonyl (C=O) groups excluding carboxylic acids is 4. The van der Waals surface area contributed by atoms with Gasteiger partial charge in [0.05, 0.1) is 0 Å². The zero-order valence-corrected chi connectivity index (χ0v) is 14.3. The Morgan fingerprint density at radius 1 is 0.840 bits per heavy atom. The average molecular weight is 354 g/mol. The van der Waals surface area contributed by atoms with Gasteiger partial charge in [0.25, 0.3) is 0 Å². The van der Waals surface area contributed by atoms with Gasteiger partial charge in [-0.25, -0.2) is 9.59 Å². The summed E-state index contributed by atoms with van der Waals surface area (Å²) in [4.78, 5) is 49.3. The molecule has 0 aromatic rings. The first-order valence-electron chi connectivity index (χ1n) is 8.65. The van der Waals surface area contributed by atoms with Crippen LogP contribution in [-0.2, 0) is 9.59 Å². The van der Waals surface area contributed by atoms with Crippen LogP contribution in [0.1, 0.15) is 19.3 Å². The molecule has 0 radical (unpaired) electrons. The summed E-state index contributed by atoms with van der Waals surface area (Å²) in [5.41, 5.74) is 0. The molecule has 25 heavy (non-hydrogen) atoms. The van der Waals surface area contributed by atoms with E-state index in [4.69, 9.17) is 0 Å². The van der Waals surface area contributed by atoms with E-state index in [0.717, 1.165) is 0 Å². The first kappa shape index (κ1) is 18.8. The smallest absolute Gasteiger partial charge is 0.317 e. The number of hydrogen-bond donors (Lipinski definition) is 4. The predicted molar refractivity (Wildman–Crippen MR) is 89.8 cm³/mol. The molecule has 0 aliphatic carbocycles. The molecule has 140 valence electrons. The quantitative estimate of drug-likeness (QED) is 0.379. The molecule has 0 spiro atoms. The van der Waals surface area contributed by atoms with Gasteiger partial charge in [0, 0.05) is 65.2 Å². The number of amides is 6. The first-order chi connectivity index (χ1) is 12.1. The largest absolute Gasteiger partial charge is 0.354 e. The minimum Gasteiger partial charge on any atom is -0.354 e. The van der Waals surface area contributed by atoms with Gasteiger partial charge in [0.1, 0.15) is 0 Å². The molecular formula is C15H26N6O4. The Bertz CT molecular complexity index is 468. The molecule has 4 N–H and O–H groups in total. The highest BCUT2D eigenvalue weighted by Gasteiger charge is 2.19. The second-order valence-corrected chi connectivity index (χ2v) is 5.99. The van der Waals surface area contributed by atoms with E-state index in [2.05, 4.69) is 21.3 Å². The van der Waals surface area contributed by atoms with Crippen molar-refractivity contribution in [1.82, 2.24) is 31.1 Å². The molecular weight excluding hydrogens is 328 g/mol. The van der Waals surface area contributed by atoms with Crippen molar-refractivity contribution in [1.29, 1.82) is 0 Å². The monoisotopic (exact) mass is 354 g/mol. The fourth-order valence-corrected chi connectivity index (χ4v) is 2.70. The van der Waals surface area contributed by atoms with Crippen molar-refractivity contribution in [3.05, 3.63) is 0 Å². The number of hydrogen-bond acceptors (Lipinski definition) is 4. The van der Waals surface area contributed by atoms with Crippen LogP contribution in [0.25, 0.3) is 0 Å². The molecule has 0 unspecified atom stereocenters. The van der Waals surface area contributed by atoms with E-state index in [-0.39, 0.29) is 36.7 Å². The van der Waals surface area contributed by atoms with Crippen molar-refractivity contribution >= 4 is 23.9 Å². The fraction of sp³-hybridized carbons (Fsp3) is 0.733. The van der Waals surface area contributed by atoms with Crippen molar-refractivity contribution in [3.8, 4) is 0 Å². The van der Waals surface area contributed by atoms with Gasteiger partial charge in [-0.15, -0.1) is 0 Å². The third-order valence-electron chi connectivity index (χ3n) is 4.11. The second-order valence-electron chi connectivity index (χ2n) is 5.99. The van der Waals surface area contributed by atoms with Crippen LogP contribution >= 0.6 is 0 Å². The van der Waals surface area contributed by atoms with Gasteiger partial charge >= 0.3 is 12.1 Å². The highest BCUT2D eigenvalue weighted by Crippen LogP contribution is 1.98. The molecule has 0 saturated carbocycles. The van der Waals surface area contributed by atoms with E-state index in [1.54, 1.807) is 9.80 Å². The molecule has 10 nitrogen and oxygen atoms in total. The molecule has 0 bridgehead atoms. The Morgan fingerprint density at radius 3 is 1.64 bits per heavy atom. The third-order valence-corrected chi connectivity index (χ3v) is 4.11.